The predicted molar refractivity (Wildman–Crippen MR) is 70.5 cm³/mol. The Morgan fingerprint density at radius 1 is 1.26 bits per heavy atom. The Labute approximate surface area is 114 Å². The lowest BCUT2D eigenvalue weighted by Crippen LogP contribution is -1.88. The third-order valence-corrected chi connectivity index (χ3v) is 3.60. The SMILES string of the molecule is Cc1cccnc1SCc1noc(-c2ccco2)n1. The topological polar surface area (TPSA) is 65.0 Å². The summed E-state index contributed by atoms with van der Waals surface area (Å²) in [5.41, 5.74) is 1.14. The molecule has 0 fully saturated rings. The van der Waals surface area contributed by atoms with Crippen molar-refractivity contribution in [3.8, 4) is 11.7 Å². The zero-order chi connectivity index (χ0) is 13.1. The van der Waals surface area contributed by atoms with Crippen molar-refractivity contribution >= 4 is 11.8 Å². The van der Waals surface area contributed by atoms with Crippen molar-refractivity contribution in [2.24, 2.45) is 0 Å². The third kappa shape index (κ3) is 2.68. The highest BCUT2D eigenvalue weighted by atomic mass is 32.2. The Balaban J connectivity index is 1.70. The average molecular weight is 273 g/mol. The Bertz CT molecular complexity index is 664. The van der Waals surface area contributed by atoms with Gasteiger partial charge in [0.15, 0.2) is 11.6 Å². The number of hydrogen-bond donors (Lipinski definition) is 0. The molecule has 0 saturated heterocycles. The molecule has 0 aliphatic heterocycles. The molecule has 3 aromatic rings. The van der Waals surface area contributed by atoms with Crippen LogP contribution in [0.5, 0.6) is 0 Å². The second kappa shape index (κ2) is 5.27. The summed E-state index contributed by atoms with van der Waals surface area (Å²) in [5.74, 6) is 2.22. The number of hydrogen-bond acceptors (Lipinski definition) is 6. The fourth-order valence-electron chi connectivity index (χ4n) is 1.57. The molecule has 0 bridgehead atoms. The van der Waals surface area contributed by atoms with Gasteiger partial charge in [0.25, 0.3) is 5.89 Å². The fraction of sp³-hybridized carbons (Fsp3) is 0.154. The van der Waals surface area contributed by atoms with E-state index in [-0.39, 0.29) is 0 Å². The molecule has 5 nitrogen and oxygen atoms in total. The Morgan fingerprint density at radius 2 is 2.21 bits per heavy atom. The molecule has 3 heterocycles. The fourth-order valence-corrected chi connectivity index (χ4v) is 2.38. The molecule has 0 unspecified atom stereocenters. The Kier molecular flexibility index (Phi) is 3.33. The number of rotatable bonds is 4. The van der Waals surface area contributed by atoms with Crippen molar-refractivity contribution in [3.05, 3.63) is 48.1 Å². The van der Waals surface area contributed by atoms with E-state index in [9.17, 15) is 0 Å². The maximum atomic E-state index is 5.20. The summed E-state index contributed by atoms with van der Waals surface area (Å²) in [6.45, 7) is 2.03. The monoisotopic (exact) mass is 273 g/mol. The first-order chi connectivity index (χ1) is 9.33. The largest absolute Gasteiger partial charge is 0.459 e. The summed E-state index contributed by atoms with van der Waals surface area (Å²) >= 11 is 1.58. The quantitative estimate of drug-likeness (QED) is 0.679. The van der Waals surface area contributed by atoms with Crippen molar-refractivity contribution in [2.75, 3.05) is 0 Å². The molecular weight excluding hydrogens is 262 g/mol. The molecule has 0 N–H and O–H groups in total. The normalized spacial score (nSPS) is 10.8. The molecule has 0 atom stereocenters. The van der Waals surface area contributed by atoms with Crippen molar-refractivity contribution in [2.45, 2.75) is 17.7 Å². The first-order valence-electron chi connectivity index (χ1n) is 5.74. The molecule has 3 rings (SSSR count). The van der Waals surface area contributed by atoms with Crippen LogP contribution in [0.1, 0.15) is 11.4 Å². The molecule has 0 radical (unpaired) electrons. The molecule has 0 aliphatic carbocycles. The minimum absolute atomic E-state index is 0.401. The van der Waals surface area contributed by atoms with Crippen LogP contribution in [0.4, 0.5) is 0 Å². The molecular formula is C13H11N3O2S. The molecule has 0 spiro atoms. The highest BCUT2D eigenvalue weighted by Gasteiger charge is 2.11. The molecule has 0 saturated carbocycles. The lowest BCUT2D eigenvalue weighted by Gasteiger charge is -2.00. The van der Waals surface area contributed by atoms with E-state index in [1.165, 1.54) is 0 Å². The van der Waals surface area contributed by atoms with Gasteiger partial charge in [0.2, 0.25) is 0 Å². The van der Waals surface area contributed by atoms with Crippen LogP contribution < -0.4 is 0 Å². The summed E-state index contributed by atoms with van der Waals surface area (Å²) in [6, 6.07) is 7.52. The van der Waals surface area contributed by atoms with E-state index in [0.29, 0.717) is 23.2 Å². The smallest absolute Gasteiger partial charge is 0.293 e. The van der Waals surface area contributed by atoms with Crippen molar-refractivity contribution in [1.29, 1.82) is 0 Å². The summed E-state index contributed by atoms with van der Waals surface area (Å²) in [7, 11) is 0. The average Bonchev–Trinajstić information content (AvgIpc) is 3.09. The predicted octanol–water partition coefficient (Wildman–Crippen LogP) is 3.33. The first kappa shape index (κ1) is 12.0. The van der Waals surface area contributed by atoms with Gasteiger partial charge < -0.3 is 8.94 Å². The van der Waals surface area contributed by atoms with Crippen LogP contribution >= 0.6 is 11.8 Å². The molecule has 19 heavy (non-hydrogen) atoms. The summed E-state index contributed by atoms with van der Waals surface area (Å²) in [6.07, 6.45) is 3.35. The lowest BCUT2D eigenvalue weighted by atomic mass is 10.3. The minimum Gasteiger partial charge on any atom is -0.459 e. The number of aryl methyl sites for hydroxylation is 1. The van der Waals surface area contributed by atoms with E-state index >= 15 is 0 Å². The summed E-state index contributed by atoms with van der Waals surface area (Å²) in [5, 5.41) is 4.90. The van der Waals surface area contributed by atoms with E-state index in [1.807, 2.05) is 19.1 Å². The number of nitrogens with zero attached hydrogens (tertiary/aromatic N) is 3. The van der Waals surface area contributed by atoms with Crippen LogP contribution in [0.3, 0.4) is 0 Å². The van der Waals surface area contributed by atoms with Crippen LogP contribution in [0.25, 0.3) is 11.7 Å². The van der Waals surface area contributed by atoms with Crippen molar-refractivity contribution in [3.63, 3.8) is 0 Å². The summed E-state index contributed by atoms with van der Waals surface area (Å²) in [4.78, 5) is 8.59. The van der Waals surface area contributed by atoms with Crippen LogP contribution in [-0.4, -0.2) is 15.1 Å². The van der Waals surface area contributed by atoms with Gasteiger partial charge in [-0.1, -0.05) is 23.0 Å². The van der Waals surface area contributed by atoms with Gasteiger partial charge in [0.1, 0.15) is 0 Å². The van der Waals surface area contributed by atoms with Gasteiger partial charge in [-0.25, -0.2) is 4.98 Å². The van der Waals surface area contributed by atoms with Gasteiger partial charge in [-0.3, -0.25) is 0 Å². The number of furan rings is 1. The second-order valence-corrected chi connectivity index (χ2v) is 4.87. The standard InChI is InChI=1S/C13H11N3O2S/c1-9-4-2-6-14-13(9)19-8-11-15-12(18-16-11)10-5-3-7-17-10/h2-7H,8H2,1H3. The van der Waals surface area contributed by atoms with Gasteiger partial charge in [-0.15, -0.1) is 0 Å². The first-order valence-corrected chi connectivity index (χ1v) is 6.72. The van der Waals surface area contributed by atoms with E-state index in [2.05, 4.69) is 15.1 Å². The molecule has 96 valence electrons. The Morgan fingerprint density at radius 3 is 3.00 bits per heavy atom. The zero-order valence-corrected chi connectivity index (χ0v) is 11.1. The highest BCUT2D eigenvalue weighted by molar-refractivity contribution is 7.98. The van der Waals surface area contributed by atoms with E-state index < -0.39 is 0 Å². The number of pyridine rings is 1. The molecule has 0 aromatic carbocycles. The summed E-state index contributed by atoms with van der Waals surface area (Å²) < 4.78 is 10.3. The molecule has 0 aliphatic rings. The van der Waals surface area contributed by atoms with Gasteiger partial charge >= 0.3 is 0 Å². The van der Waals surface area contributed by atoms with Gasteiger partial charge in [-0.2, -0.15) is 4.98 Å². The second-order valence-electron chi connectivity index (χ2n) is 3.91. The van der Waals surface area contributed by atoms with Gasteiger partial charge in [0.05, 0.1) is 17.0 Å². The molecule has 3 aromatic heterocycles. The van der Waals surface area contributed by atoms with E-state index in [1.54, 1.807) is 36.4 Å². The van der Waals surface area contributed by atoms with Crippen LogP contribution in [0.15, 0.2) is 50.7 Å². The maximum Gasteiger partial charge on any atom is 0.293 e. The van der Waals surface area contributed by atoms with Crippen molar-refractivity contribution < 1.29 is 8.94 Å². The third-order valence-electron chi connectivity index (χ3n) is 2.50. The van der Waals surface area contributed by atoms with Crippen LogP contribution in [0.2, 0.25) is 0 Å². The molecule has 0 amide bonds. The Hall–Kier alpha value is -2.08. The molecule has 6 heteroatoms. The lowest BCUT2D eigenvalue weighted by molar-refractivity contribution is 0.411. The maximum absolute atomic E-state index is 5.20. The highest BCUT2D eigenvalue weighted by Crippen LogP contribution is 2.24. The minimum atomic E-state index is 0.401. The number of thioether (sulfide) groups is 1. The van der Waals surface area contributed by atoms with Crippen LogP contribution in [0, 0.1) is 6.92 Å². The van der Waals surface area contributed by atoms with Crippen LogP contribution in [-0.2, 0) is 5.75 Å². The van der Waals surface area contributed by atoms with E-state index in [0.717, 1.165) is 10.6 Å². The van der Waals surface area contributed by atoms with Gasteiger partial charge in [-0.05, 0) is 30.7 Å². The van der Waals surface area contributed by atoms with Gasteiger partial charge in [0, 0.05) is 6.20 Å². The van der Waals surface area contributed by atoms with E-state index in [4.69, 9.17) is 8.94 Å². The number of aromatic nitrogens is 3. The van der Waals surface area contributed by atoms with Crippen molar-refractivity contribution in [1.82, 2.24) is 15.1 Å². The zero-order valence-electron chi connectivity index (χ0n) is 10.2.